The van der Waals surface area contributed by atoms with Gasteiger partial charge in [0.25, 0.3) is 5.91 Å². The van der Waals surface area contributed by atoms with Crippen LogP contribution in [-0.4, -0.2) is 68.8 Å². The number of anilines is 1. The minimum atomic E-state index is -1.27. The average molecular weight is 845 g/mol. The zero-order chi connectivity index (χ0) is 42.0. The number of phenolic OH excluding ortho intramolecular Hbond substituents is 1. The van der Waals surface area contributed by atoms with Crippen LogP contribution in [0.4, 0.5) is 5.69 Å². The Morgan fingerprint density at radius 3 is 2.36 bits per heavy atom. The lowest BCUT2D eigenvalue weighted by molar-refractivity contribution is 0.0686. The highest BCUT2D eigenvalue weighted by atomic mass is 35.5. The van der Waals surface area contributed by atoms with E-state index in [9.17, 15) is 15.0 Å². The number of halogens is 2. The maximum atomic E-state index is 15.2. The van der Waals surface area contributed by atoms with E-state index < -0.39 is 14.0 Å². The molecule has 3 aromatic heterocycles. The maximum Gasteiger partial charge on any atom is 0.352 e. The number of phenols is 1. The maximum absolute atomic E-state index is 15.2. The van der Waals surface area contributed by atoms with E-state index in [-0.39, 0.29) is 29.9 Å². The second-order valence-electron chi connectivity index (χ2n) is 16.8. The highest BCUT2D eigenvalue weighted by Crippen LogP contribution is 2.46. The van der Waals surface area contributed by atoms with Crippen molar-refractivity contribution in [3.05, 3.63) is 92.0 Å². The summed E-state index contributed by atoms with van der Waals surface area (Å²) < 4.78 is 17.9. The van der Waals surface area contributed by atoms with Crippen LogP contribution < -0.4 is 9.64 Å². The number of hydrogen-bond donors (Lipinski definition) is 2. The summed E-state index contributed by atoms with van der Waals surface area (Å²) in [5, 5.41) is 28.4. The third kappa shape index (κ3) is 7.51. The molecule has 4 heterocycles. The van der Waals surface area contributed by atoms with Gasteiger partial charge in [-0.15, -0.1) is 0 Å². The first-order chi connectivity index (χ1) is 27.4. The first-order valence-electron chi connectivity index (χ1n) is 19.6. The number of benzene rings is 3. The van der Waals surface area contributed by atoms with E-state index in [1.165, 1.54) is 18.2 Å². The summed E-state index contributed by atoms with van der Waals surface area (Å²) in [6, 6.07) is 13.1. The Morgan fingerprint density at radius 1 is 0.983 bits per heavy atom. The molecule has 1 aliphatic heterocycles. The summed E-state index contributed by atoms with van der Waals surface area (Å²) in [4.78, 5) is 29.0. The number of aromatic carboxylic acids is 1. The highest BCUT2D eigenvalue weighted by molar-refractivity contribution is 6.76. The molecule has 306 valence electrons. The number of aromatic nitrogens is 4. The summed E-state index contributed by atoms with van der Waals surface area (Å²) in [5.74, 6) is -0.700. The summed E-state index contributed by atoms with van der Waals surface area (Å²) in [6.07, 6.45) is 1.12. The summed E-state index contributed by atoms with van der Waals surface area (Å²) in [5.41, 5.74) is 8.53. The minimum absolute atomic E-state index is 0.0484. The van der Waals surface area contributed by atoms with Gasteiger partial charge in [-0.25, -0.2) is 9.48 Å². The number of amides is 1. The molecule has 1 unspecified atom stereocenters. The number of carboxylic acid groups (broad SMARTS) is 1. The third-order valence-electron chi connectivity index (χ3n) is 11.2. The Bertz CT molecular complexity index is 2600. The Balaban J connectivity index is 1.36. The first kappa shape index (κ1) is 41.4. The van der Waals surface area contributed by atoms with Crippen molar-refractivity contribution >= 4 is 70.6 Å². The number of nitrogens with zero attached hydrogens (tertiary/aromatic N) is 5. The fourth-order valence-corrected chi connectivity index (χ4v) is 9.50. The molecule has 0 aliphatic carbocycles. The molecule has 1 atom stereocenters. The largest absolute Gasteiger partial charge is 0.508 e. The average Bonchev–Trinajstić information content (AvgIpc) is 3.76. The van der Waals surface area contributed by atoms with Crippen LogP contribution in [0, 0.1) is 27.7 Å². The molecule has 7 rings (SSSR count). The number of aromatic hydroxyl groups is 1. The summed E-state index contributed by atoms with van der Waals surface area (Å²) in [7, 11) is 0.388. The van der Waals surface area contributed by atoms with Gasteiger partial charge in [-0.1, -0.05) is 48.9 Å². The van der Waals surface area contributed by atoms with Gasteiger partial charge in [-0.05, 0) is 101 Å². The van der Waals surface area contributed by atoms with Gasteiger partial charge in [0.1, 0.15) is 29.6 Å². The molecule has 0 radical (unpaired) electrons. The van der Waals surface area contributed by atoms with Crippen LogP contribution in [0.3, 0.4) is 0 Å². The van der Waals surface area contributed by atoms with Crippen LogP contribution in [0.15, 0.2) is 42.5 Å². The molecule has 14 heteroatoms. The van der Waals surface area contributed by atoms with Crippen LogP contribution in [0.2, 0.25) is 35.7 Å². The van der Waals surface area contributed by atoms with E-state index in [1.54, 1.807) is 16.5 Å². The van der Waals surface area contributed by atoms with Crippen LogP contribution in [0.25, 0.3) is 32.9 Å². The molecule has 6 aromatic rings. The van der Waals surface area contributed by atoms with Gasteiger partial charge in [0.15, 0.2) is 0 Å². The van der Waals surface area contributed by atoms with Crippen molar-refractivity contribution in [3.8, 4) is 22.6 Å². The molecule has 0 spiro atoms. The number of ether oxygens (including phenoxy) is 2. The van der Waals surface area contributed by atoms with Gasteiger partial charge in [0, 0.05) is 73.0 Å². The van der Waals surface area contributed by atoms with Gasteiger partial charge < -0.3 is 33.7 Å². The lowest BCUT2D eigenvalue weighted by Crippen LogP contribution is -2.43. The Labute approximate surface area is 349 Å². The number of carbonyl (C=O) groups excluding carboxylic acids is 1. The molecule has 2 N–H and O–H groups in total. The molecule has 0 fully saturated rings. The third-order valence-corrected chi connectivity index (χ3v) is 13.9. The topological polar surface area (TPSA) is 124 Å². The van der Waals surface area contributed by atoms with Crippen LogP contribution in [-0.2, 0) is 24.9 Å². The Kier molecular flexibility index (Phi) is 11.3. The number of fused-ring (bicyclic) bond motifs is 4. The van der Waals surface area contributed by atoms with Gasteiger partial charge >= 0.3 is 5.97 Å². The molecular formula is C44H51Cl2N5O6Si. The first-order valence-corrected chi connectivity index (χ1v) is 24.1. The fourth-order valence-electron chi connectivity index (χ4n) is 8.39. The Hall–Kier alpha value is -4.75. The molecule has 0 saturated heterocycles. The molecular weight excluding hydrogens is 794 g/mol. The van der Waals surface area contributed by atoms with Crippen molar-refractivity contribution in [2.24, 2.45) is 7.05 Å². The number of aryl methyl sites for hydroxylation is 5. The van der Waals surface area contributed by atoms with E-state index in [4.69, 9.17) is 37.8 Å². The molecule has 11 nitrogen and oxygen atoms in total. The second-order valence-corrected chi connectivity index (χ2v) is 23.2. The van der Waals surface area contributed by atoms with Gasteiger partial charge in [-0.3, -0.25) is 4.79 Å². The monoisotopic (exact) mass is 843 g/mol. The summed E-state index contributed by atoms with van der Waals surface area (Å²) in [6.45, 7) is 18.6. The standard InChI is InChI=1S/C44H51Cl2N5O6Si/c1-24-17-31(18-25(2)39(24)46)57-14-10-11-32-33-12-13-34(45)38(37-27(4)47-50(28(37)5)23-56-15-16-58(7,8)9)41(33)51-26(3)22-49(43(53)42(32)51)35-21-30(52)19-29-20-36(44(54)55)48(6)40(29)35/h12-13,17-21,26,52H,10-11,14-16,22-23H2,1-9H3,(H,54,55). The predicted octanol–water partition coefficient (Wildman–Crippen LogP) is 10.5. The molecule has 1 amide bonds. The zero-order valence-electron chi connectivity index (χ0n) is 34.6. The second kappa shape index (κ2) is 15.8. The number of hydrogen-bond acceptors (Lipinski definition) is 6. The zero-order valence-corrected chi connectivity index (χ0v) is 37.1. The van der Waals surface area contributed by atoms with Crippen molar-refractivity contribution in [1.29, 1.82) is 0 Å². The Morgan fingerprint density at radius 2 is 1.69 bits per heavy atom. The number of carbonyl (C=O) groups is 2. The van der Waals surface area contributed by atoms with Crippen molar-refractivity contribution in [1.82, 2.24) is 18.9 Å². The van der Waals surface area contributed by atoms with E-state index in [2.05, 4.69) is 31.1 Å². The molecule has 58 heavy (non-hydrogen) atoms. The van der Waals surface area contributed by atoms with Gasteiger partial charge in [-0.2, -0.15) is 5.10 Å². The van der Waals surface area contributed by atoms with Crippen molar-refractivity contribution in [2.45, 2.75) is 85.9 Å². The minimum Gasteiger partial charge on any atom is -0.508 e. The number of rotatable bonds is 13. The highest BCUT2D eigenvalue weighted by Gasteiger charge is 2.38. The van der Waals surface area contributed by atoms with Crippen LogP contribution in [0.5, 0.6) is 11.5 Å². The van der Waals surface area contributed by atoms with Crippen molar-refractivity contribution in [3.63, 3.8) is 0 Å². The van der Waals surface area contributed by atoms with Gasteiger partial charge in [0.05, 0.1) is 34.0 Å². The summed E-state index contributed by atoms with van der Waals surface area (Å²) >= 11 is 13.6. The quantitative estimate of drug-likeness (QED) is 0.0876. The lowest BCUT2D eigenvalue weighted by Gasteiger charge is -2.35. The SMILES string of the molecule is Cc1cc(OCCCc2c3n(c4c(-c5c(C)nn(COCC[Si](C)(C)C)c5C)c(Cl)ccc24)C(C)CN(c2cc(O)cc4cc(C(=O)O)n(C)c24)C3=O)cc(C)c1Cl. The van der Waals surface area contributed by atoms with E-state index in [0.717, 1.165) is 66.9 Å². The number of carboxylic acids is 1. The normalized spacial score (nSPS) is 14.6. The van der Waals surface area contributed by atoms with Crippen LogP contribution in [0.1, 0.15) is 68.4 Å². The molecule has 0 bridgehead atoms. The van der Waals surface area contributed by atoms with Gasteiger partial charge in [0.2, 0.25) is 0 Å². The molecule has 1 aliphatic rings. The molecule has 0 saturated carbocycles. The van der Waals surface area contributed by atoms with E-state index in [1.807, 2.05) is 56.6 Å². The van der Waals surface area contributed by atoms with Crippen molar-refractivity contribution in [2.75, 3.05) is 24.7 Å². The lowest BCUT2D eigenvalue weighted by atomic mass is 9.98. The van der Waals surface area contributed by atoms with E-state index in [0.29, 0.717) is 60.1 Å². The molecule has 3 aromatic carbocycles. The van der Waals surface area contributed by atoms with Crippen LogP contribution >= 0.6 is 23.2 Å². The smallest absolute Gasteiger partial charge is 0.352 e. The fraction of sp³-hybridized carbons (Fsp3) is 0.386. The predicted molar refractivity (Wildman–Crippen MR) is 234 cm³/mol. The van der Waals surface area contributed by atoms with E-state index >= 15 is 4.79 Å². The van der Waals surface area contributed by atoms with Crippen molar-refractivity contribution < 1.29 is 29.3 Å².